The zero-order chi connectivity index (χ0) is 13.8. The van der Waals surface area contributed by atoms with Crippen LogP contribution < -0.4 is 5.32 Å². The summed E-state index contributed by atoms with van der Waals surface area (Å²) >= 11 is 0. The molecular formula is C14H16FNO3. The quantitative estimate of drug-likeness (QED) is 0.831. The predicted molar refractivity (Wildman–Crippen MR) is 67.3 cm³/mol. The van der Waals surface area contributed by atoms with E-state index in [1.165, 1.54) is 24.3 Å². The summed E-state index contributed by atoms with van der Waals surface area (Å²) in [7, 11) is 0. The van der Waals surface area contributed by atoms with Crippen LogP contribution in [-0.2, 0) is 4.79 Å². The first-order valence-corrected chi connectivity index (χ1v) is 6.34. The van der Waals surface area contributed by atoms with Gasteiger partial charge in [0.15, 0.2) is 0 Å². The molecule has 2 rings (SSSR count). The van der Waals surface area contributed by atoms with E-state index >= 15 is 0 Å². The summed E-state index contributed by atoms with van der Waals surface area (Å²) in [5.74, 6) is 0.00452. The number of rotatable bonds is 6. The van der Waals surface area contributed by atoms with Gasteiger partial charge in [-0.05, 0) is 37.0 Å². The van der Waals surface area contributed by atoms with Crippen molar-refractivity contribution in [3.05, 3.63) is 35.6 Å². The van der Waals surface area contributed by atoms with Crippen molar-refractivity contribution in [3.63, 3.8) is 0 Å². The Kier molecular flexibility index (Phi) is 4.14. The van der Waals surface area contributed by atoms with Crippen LogP contribution in [0.15, 0.2) is 24.3 Å². The third-order valence-electron chi connectivity index (χ3n) is 3.28. The van der Waals surface area contributed by atoms with Gasteiger partial charge in [-0.25, -0.2) is 9.18 Å². The van der Waals surface area contributed by atoms with Crippen molar-refractivity contribution < 1.29 is 19.1 Å². The Morgan fingerprint density at radius 3 is 2.47 bits per heavy atom. The molecule has 0 heterocycles. The lowest BCUT2D eigenvalue weighted by Gasteiger charge is -2.17. The Morgan fingerprint density at radius 1 is 1.32 bits per heavy atom. The molecule has 0 radical (unpaired) electrons. The summed E-state index contributed by atoms with van der Waals surface area (Å²) in [4.78, 5) is 22.4. The van der Waals surface area contributed by atoms with Crippen LogP contribution in [-0.4, -0.2) is 17.0 Å². The minimum Gasteiger partial charge on any atom is -0.465 e. The van der Waals surface area contributed by atoms with Crippen molar-refractivity contribution in [1.82, 2.24) is 5.32 Å². The Hall–Kier alpha value is -1.91. The van der Waals surface area contributed by atoms with Crippen LogP contribution >= 0.6 is 0 Å². The molecule has 2 N–H and O–H groups in total. The molecule has 1 atom stereocenters. The summed E-state index contributed by atoms with van der Waals surface area (Å²) in [6, 6.07) is 5.18. The number of Topliss-reactive ketones (excluding diaryl/α,β-unsaturated/α-hetero) is 1. The van der Waals surface area contributed by atoms with Gasteiger partial charge in [-0.1, -0.05) is 12.1 Å². The normalized spacial score (nSPS) is 15.8. The lowest BCUT2D eigenvalue weighted by Crippen LogP contribution is -2.27. The van der Waals surface area contributed by atoms with Gasteiger partial charge in [0.1, 0.15) is 11.6 Å². The van der Waals surface area contributed by atoms with E-state index in [1.54, 1.807) is 0 Å². The van der Waals surface area contributed by atoms with E-state index in [4.69, 9.17) is 5.11 Å². The van der Waals surface area contributed by atoms with E-state index < -0.39 is 12.1 Å². The van der Waals surface area contributed by atoms with Crippen LogP contribution in [0.4, 0.5) is 9.18 Å². The number of halogens is 1. The number of nitrogens with one attached hydrogen (secondary N) is 1. The number of ketones is 1. The van der Waals surface area contributed by atoms with Gasteiger partial charge < -0.3 is 10.4 Å². The van der Waals surface area contributed by atoms with Gasteiger partial charge in [0.05, 0.1) is 6.04 Å². The maximum Gasteiger partial charge on any atom is 0.405 e. The van der Waals surface area contributed by atoms with Crippen molar-refractivity contribution in [1.29, 1.82) is 0 Å². The highest BCUT2D eigenvalue weighted by atomic mass is 19.1. The SMILES string of the molecule is O=C(O)N[C@@H](CCC(=O)C1CC1)c1ccc(F)cc1. The minimum atomic E-state index is -1.15. The third-order valence-corrected chi connectivity index (χ3v) is 3.28. The van der Waals surface area contributed by atoms with E-state index in [0.717, 1.165) is 12.8 Å². The number of benzene rings is 1. The Labute approximate surface area is 110 Å². The van der Waals surface area contributed by atoms with E-state index in [2.05, 4.69) is 5.32 Å². The van der Waals surface area contributed by atoms with Gasteiger partial charge in [-0.3, -0.25) is 4.79 Å². The van der Waals surface area contributed by atoms with E-state index in [-0.39, 0.29) is 17.5 Å². The van der Waals surface area contributed by atoms with Crippen molar-refractivity contribution in [2.24, 2.45) is 5.92 Å². The summed E-state index contributed by atoms with van der Waals surface area (Å²) in [6.45, 7) is 0. The van der Waals surface area contributed by atoms with Gasteiger partial charge in [-0.15, -0.1) is 0 Å². The van der Waals surface area contributed by atoms with Crippen molar-refractivity contribution in [3.8, 4) is 0 Å². The molecule has 1 aliphatic carbocycles. The fourth-order valence-electron chi connectivity index (χ4n) is 2.06. The average Bonchev–Trinajstić information content (AvgIpc) is 3.19. The lowest BCUT2D eigenvalue weighted by atomic mass is 9.99. The average molecular weight is 265 g/mol. The highest BCUT2D eigenvalue weighted by Gasteiger charge is 2.29. The summed E-state index contributed by atoms with van der Waals surface area (Å²) < 4.78 is 12.8. The first-order valence-electron chi connectivity index (χ1n) is 6.34. The van der Waals surface area contributed by atoms with Crippen LogP contribution in [0, 0.1) is 11.7 Å². The number of hydrogen-bond acceptors (Lipinski definition) is 2. The smallest absolute Gasteiger partial charge is 0.405 e. The lowest BCUT2D eigenvalue weighted by molar-refractivity contribution is -0.120. The molecule has 19 heavy (non-hydrogen) atoms. The van der Waals surface area contributed by atoms with Gasteiger partial charge in [0.2, 0.25) is 0 Å². The largest absolute Gasteiger partial charge is 0.465 e. The molecular weight excluding hydrogens is 249 g/mol. The van der Waals surface area contributed by atoms with Crippen molar-refractivity contribution >= 4 is 11.9 Å². The molecule has 0 aliphatic heterocycles. The minimum absolute atomic E-state index is 0.179. The second kappa shape index (κ2) is 5.82. The zero-order valence-electron chi connectivity index (χ0n) is 10.4. The fourth-order valence-corrected chi connectivity index (χ4v) is 2.06. The highest BCUT2D eigenvalue weighted by molar-refractivity contribution is 5.83. The standard InChI is InChI=1S/C14H16FNO3/c15-11-5-3-9(4-6-11)12(16-14(18)19)7-8-13(17)10-1-2-10/h3-6,10,12,16H,1-2,7-8H2,(H,18,19)/t12-/m0/s1. The van der Waals surface area contributed by atoms with E-state index in [9.17, 15) is 14.0 Å². The monoisotopic (exact) mass is 265 g/mol. The number of carbonyl (C=O) groups excluding carboxylic acids is 1. The van der Waals surface area contributed by atoms with Gasteiger partial charge in [0.25, 0.3) is 0 Å². The van der Waals surface area contributed by atoms with Crippen LogP contribution in [0.1, 0.15) is 37.3 Å². The van der Waals surface area contributed by atoms with E-state index in [0.29, 0.717) is 18.4 Å². The molecule has 0 aromatic heterocycles. The maximum absolute atomic E-state index is 12.8. The molecule has 1 fully saturated rings. The first-order chi connectivity index (χ1) is 9.06. The third kappa shape index (κ3) is 4.05. The van der Waals surface area contributed by atoms with Gasteiger partial charge >= 0.3 is 6.09 Å². The second-order valence-electron chi connectivity index (χ2n) is 4.83. The molecule has 1 saturated carbocycles. The van der Waals surface area contributed by atoms with Crippen LogP contribution in [0.3, 0.4) is 0 Å². The molecule has 5 heteroatoms. The highest BCUT2D eigenvalue weighted by Crippen LogP contribution is 2.32. The number of carboxylic acid groups (broad SMARTS) is 1. The molecule has 0 bridgehead atoms. The second-order valence-corrected chi connectivity index (χ2v) is 4.83. The zero-order valence-corrected chi connectivity index (χ0v) is 10.4. The van der Waals surface area contributed by atoms with Crippen LogP contribution in [0.5, 0.6) is 0 Å². The Balaban J connectivity index is 1.99. The summed E-state index contributed by atoms with van der Waals surface area (Å²) in [6.07, 6.45) is 1.52. The van der Waals surface area contributed by atoms with Crippen LogP contribution in [0.2, 0.25) is 0 Å². The maximum atomic E-state index is 12.8. The molecule has 1 aliphatic rings. The van der Waals surface area contributed by atoms with Crippen LogP contribution in [0.25, 0.3) is 0 Å². The summed E-state index contributed by atoms with van der Waals surface area (Å²) in [5.41, 5.74) is 0.674. The number of hydrogen-bond donors (Lipinski definition) is 2. The molecule has 1 aromatic rings. The molecule has 0 unspecified atom stereocenters. The molecule has 1 aromatic carbocycles. The molecule has 0 saturated heterocycles. The van der Waals surface area contributed by atoms with Crippen molar-refractivity contribution in [2.45, 2.75) is 31.7 Å². The van der Waals surface area contributed by atoms with Gasteiger partial charge in [0, 0.05) is 12.3 Å². The molecule has 4 nitrogen and oxygen atoms in total. The first kappa shape index (κ1) is 13.5. The Morgan fingerprint density at radius 2 is 1.95 bits per heavy atom. The molecule has 102 valence electrons. The van der Waals surface area contributed by atoms with E-state index in [1.807, 2.05) is 0 Å². The molecule has 1 amide bonds. The van der Waals surface area contributed by atoms with Gasteiger partial charge in [-0.2, -0.15) is 0 Å². The topological polar surface area (TPSA) is 66.4 Å². The summed E-state index contributed by atoms with van der Waals surface area (Å²) in [5, 5.41) is 11.2. The predicted octanol–water partition coefficient (Wildman–Crippen LogP) is 2.89. The fraction of sp³-hybridized carbons (Fsp3) is 0.429. The molecule has 0 spiro atoms. The number of carbonyl (C=O) groups is 2. The Bertz CT molecular complexity index is 468. The van der Waals surface area contributed by atoms with Crippen molar-refractivity contribution in [2.75, 3.05) is 0 Å². The number of amides is 1.